The smallest absolute Gasteiger partial charge is 0.312 e. The molecule has 0 N–H and O–H groups in total. The van der Waals surface area contributed by atoms with Crippen LogP contribution in [-0.2, 0) is 16.7 Å². The lowest BCUT2D eigenvalue weighted by atomic mass is 10.2. The summed E-state index contributed by atoms with van der Waals surface area (Å²) in [6, 6.07) is 4.15. The highest BCUT2D eigenvalue weighted by atomic mass is 32.2. The zero-order valence-corrected chi connectivity index (χ0v) is 20.5. The highest BCUT2D eigenvalue weighted by molar-refractivity contribution is 7.89. The van der Waals surface area contributed by atoms with E-state index in [1.807, 2.05) is 4.68 Å². The Morgan fingerprint density at radius 2 is 1.91 bits per heavy atom. The van der Waals surface area contributed by atoms with Gasteiger partial charge < -0.3 is 9.30 Å². The molecule has 13 heteroatoms. The van der Waals surface area contributed by atoms with Gasteiger partial charge in [0.1, 0.15) is 5.82 Å². The van der Waals surface area contributed by atoms with Gasteiger partial charge in [-0.2, -0.15) is 9.40 Å². The number of rotatable bonds is 8. The third kappa shape index (κ3) is 4.67. The van der Waals surface area contributed by atoms with Crippen molar-refractivity contribution in [1.29, 1.82) is 0 Å². The van der Waals surface area contributed by atoms with Crippen molar-refractivity contribution in [3.63, 3.8) is 0 Å². The van der Waals surface area contributed by atoms with Crippen molar-refractivity contribution in [3.05, 3.63) is 38.9 Å². The number of ether oxygens (including phenoxy) is 1. The van der Waals surface area contributed by atoms with E-state index in [9.17, 15) is 18.5 Å². The minimum Gasteiger partial charge on any atom is -0.490 e. The highest BCUT2D eigenvalue weighted by Gasteiger charge is 2.32. The van der Waals surface area contributed by atoms with Gasteiger partial charge in [-0.3, -0.25) is 15.0 Å². The van der Waals surface area contributed by atoms with Crippen LogP contribution < -0.4 is 4.74 Å². The van der Waals surface area contributed by atoms with Crippen molar-refractivity contribution >= 4 is 27.9 Å². The van der Waals surface area contributed by atoms with Gasteiger partial charge in [0.25, 0.3) is 0 Å². The van der Waals surface area contributed by atoms with Gasteiger partial charge in [0.05, 0.1) is 23.6 Å². The molecule has 2 aliphatic rings. The first kappa shape index (κ1) is 23.8. The Balaban J connectivity index is 1.46. The number of hydrogen-bond donors (Lipinski definition) is 0. The van der Waals surface area contributed by atoms with E-state index in [1.165, 1.54) is 23.5 Å². The average Bonchev–Trinajstić information content (AvgIpc) is 3.57. The Morgan fingerprint density at radius 3 is 2.45 bits per heavy atom. The Bertz CT molecular complexity index is 1210. The average molecular weight is 497 g/mol. The van der Waals surface area contributed by atoms with Gasteiger partial charge in [0.2, 0.25) is 10.0 Å². The maximum Gasteiger partial charge on any atom is 0.312 e. The molecule has 0 amide bonds. The molecule has 1 saturated heterocycles. The molecule has 0 radical (unpaired) electrons. The maximum absolute atomic E-state index is 13.1. The van der Waals surface area contributed by atoms with Crippen molar-refractivity contribution in [3.8, 4) is 5.75 Å². The molecule has 1 aliphatic heterocycles. The molecule has 1 saturated carbocycles. The molecule has 4 rings (SSSR count). The number of piperazine rings is 1. The van der Waals surface area contributed by atoms with Gasteiger partial charge in [-0.1, -0.05) is 13.8 Å². The fraction of sp³-hybridized carbons (Fsp3) is 0.600. The van der Waals surface area contributed by atoms with Crippen LogP contribution in [0.3, 0.4) is 0 Å². The van der Waals surface area contributed by atoms with Crippen LogP contribution in [0.15, 0.2) is 23.1 Å². The molecule has 0 bridgehead atoms. The lowest BCUT2D eigenvalue weighted by Crippen LogP contribution is -2.48. The third-order valence-electron chi connectivity index (χ3n) is 5.98. The summed E-state index contributed by atoms with van der Waals surface area (Å²) in [6.45, 7) is 6.27. The van der Waals surface area contributed by atoms with Crippen LogP contribution in [0.4, 0.5) is 5.69 Å². The number of aromatic nitrogens is 3. The largest absolute Gasteiger partial charge is 0.490 e. The van der Waals surface area contributed by atoms with Crippen LogP contribution in [0.2, 0.25) is 0 Å². The van der Waals surface area contributed by atoms with E-state index >= 15 is 0 Å². The van der Waals surface area contributed by atoms with Crippen LogP contribution in [-0.4, -0.2) is 70.2 Å². The van der Waals surface area contributed by atoms with Crippen molar-refractivity contribution in [1.82, 2.24) is 23.6 Å². The quantitative estimate of drug-likeness (QED) is 0.311. The minimum absolute atomic E-state index is 0.0203. The van der Waals surface area contributed by atoms with Gasteiger partial charge in [-0.25, -0.2) is 13.1 Å². The lowest BCUT2D eigenvalue weighted by molar-refractivity contribution is -0.386. The lowest BCUT2D eigenvalue weighted by Gasteiger charge is -2.33. The number of benzene rings is 1. The summed E-state index contributed by atoms with van der Waals surface area (Å²) in [5.74, 6) is 1.28. The first-order valence-corrected chi connectivity index (χ1v) is 12.7. The fourth-order valence-corrected chi connectivity index (χ4v) is 5.81. The van der Waals surface area contributed by atoms with Crippen LogP contribution in [0.5, 0.6) is 5.75 Å². The zero-order chi connectivity index (χ0) is 23.9. The molecule has 0 spiro atoms. The molecule has 180 valence electrons. The molecular formula is C20H28N6O5S2. The Kier molecular flexibility index (Phi) is 6.58. The van der Waals surface area contributed by atoms with E-state index in [2.05, 4.69) is 23.3 Å². The van der Waals surface area contributed by atoms with Crippen molar-refractivity contribution in [2.75, 3.05) is 33.3 Å². The minimum atomic E-state index is -3.86. The van der Waals surface area contributed by atoms with Gasteiger partial charge in [0, 0.05) is 44.2 Å². The number of sulfonamides is 1. The van der Waals surface area contributed by atoms with E-state index in [-0.39, 0.29) is 35.3 Å². The predicted octanol–water partition coefficient (Wildman–Crippen LogP) is 2.75. The van der Waals surface area contributed by atoms with E-state index in [4.69, 9.17) is 22.1 Å². The molecule has 1 aromatic heterocycles. The molecule has 2 fully saturated rings. The molecule has 0 unspecified atom stereocenters. The zero-order valence-electron chi connectivity index (χ0n) is 18.9. The van der Waals surface area contributed by atoms with E-state index in [1.54, 1.807) is 0 Å². The molecule has 2 aromatic rings. The van der Waals surface area contributed by atoms with Crippen molar-refractivity contribution in [2.24, 2.45) is 0 Å². The molecule has 0 atom stereocenters. The SMILES string of the molecule is COc1ccc(S(=O)(=O)N2CCN(Cn3nc(C(C)C)n(C4CC4)c3=S)CC2)cc1[N+](=O)[O-]. The molecule has 33 heavy (non-hydrogen) atoms. The summed E-state index contributed by atoms with van der Waals surface area (Å²) >= 11 is 5.68. The summed E-state index contributed by atoms with van der Waals surface area (Å²) < 4.78 is 37.2. The number of nitro groups is 1. The summed E-state index contributed by atoms with van der Waals surface area (Å²) in [7, 11) is -2.56. The standard InChI is InChI=1S/C20H28N6O5S2/c1-14(2)19-21-24(20(32)25(19)15-4-5-15)13-22-8-10-23(11-9-22)33(29,30)16-6-7-18(31-3)17(12-16)26(27)28/h6-7,12,14-15H,4-5,8-11,13H2,1-3H3. The molecule has 1 aliphatic carbocycles. The topological polar surface area (TPSA) is 116 Å². The van der Waals surface area contributed by atoms with Crippen LogP contribution in [0.25, 0.3) is 0 Å². The second-order valence-electron chi connectivity index (χ2n) is 8.65. The first-order valence-electron chi connectivity index (χ1n) is 10.9. The van der Waals surface area contributed by atoms with Crippen molar-refractivity contribution < 1.29 is 18.1 Å². The van der Waals surface area contributed by atoms with Gasteiger partial charge in [-0.05, 0) is 37.2 Å². The third-order valence-corrected chi connectivity index (χ3v) is 8.28. The van der Waals surface area contributed by atoms with E-state index < -0.39 is 14.9 Å². The van der Waals surface area contributed by atoms with Crippen LogP contribution in [0.1, 0.15) is 44.5 Å². The van der Waals surface area contributed by atoms with Crippen molar-refractivity contribution in [2.45, 2.75) is 50.2 Å². The summed E-state index contributed by atoms with van der Waals surface area (Å²) in [6.07, 6.45) is 2.25. The van der Waals surface area contributed by atoms with Gasteiger partial charge >= 0.3 is 5.69 Å². The number of nitrogens with zero attached hydrogens (tertiary/aromatic N) is 6. The first-order chi connectivity index (χ1) is 15.6. The Morgan fingerprint density at radius 1 is 1.24 bits per heavy atom. The molecule has 11 nitrogen and oxygen atoms in total. The number of hydrogen-bond acceptors (Lipinski definition) is 8. The Labute approximate surface area is 197 Å². The van der Waals surface area contributed by atoms with Gasteiger partial charge in [-0.15, -0.1) is 0 Å². The summed E-state index contributed by atoms with van der Waals surface area (Å²) in [4.78, 5) is 12.6. The molecule has 2 heterocycles. The summed E-state index contributed by atoms with van der Waals surface area (Å²) in [5.41, 5.74) is -0.376. The van der Waals surface area contributed by atoms with Crippen LogP contribution >= 0.6 is 12.2 Å². The van der Waals surface area contributed by atoms with E-state index in [0.717, 1.165) is 24.7 Å². The van der Waals surface area contributed by atoms with Gasteiger partial charge in [0.15, 0.2) is 10.5 Å². The Hall–Kier alpha value is -2.35. The highest BCUT2D eigenvalue weighted by Crippen LogP contribution is 2.37. The maximum atomic E-state index is 13.1. The second-order valence-corrected chi connectivity index (χ2v) is 11.0. The predicted molar refractivity (Wildman–Crippen MR) is 123 cm³/mol. The second kappa shape index (κ2) is 9.12. The fourth-order valence-electron chi connectivity index (χ4n) is 4.02. The monoisotopic (exact) mass is 496 g/mol. The van der Waals surface area contributed by atoms with E-state index in [0.29, 0.717) is 30.6 Å². The van der Waals surface area contributed by atoms with Crippen LogP contribution in [0, 0.1) is 14.9 Å². The number of methoxy groups -OCH3 is 1. The molecular weight excluding hydrogens is 468 g/mol. The number of nitro benzene ring substituents is 1. The molecule has 1 aromatic carbocycles. The normalized spacial score (nSPS) is 18.1. The summed E-state index contributed by atoms with van der Waals surface area (Å²) in [5, 5.41) is 16.0.